The van der Waals surface area contributed by atoms with Gasteiger partial charge in [-0.2, -0.15) is 0 Å². The maximum absolute atomic E-state index is 14.8. The van der Waals surface area contributed by atoms with Crippen molar-refractivity contribution in [1.82, 2.24) is 10.2 Å². The van der Waals surface area contributed by atoms with Crippen molar-refractivity contribution in [1.29, 1.82) is 0 Å². The summed E-state index contributed by atoms with van der Waals surface area (Å²) in [5.74, 6) is -1.47. The molecule has 1 aliphatic carbocycles. The third-order valence-electron chi connectivity index (χ3n) is 7.05. The number of rotatable bonds is 11. The fraction of sp³-hybridized carbons (Fsp3) is 0.333. The Morgan fingerprint density at radius 3 is 2.33 bits per heavy atom. The largest absolute Gasteiger partial charge is 0.352 e. The van der Waals surface area contributed by atoms with E-state index in [0.29, 0.717) is 10.2 Å². The van der Waals surface area contributed by atoms with Crippen LogP contribution in [-0.4, -0.2) is 50.0 Å². The first-order valence-corrected chi connectivity index (χ1v) is 15.9. The zero-order valence-electron chi connectivity index (χ0n) is 22.3. The Hall–Kier alpha value is -3.24. The number of nitrogens with zero attached hydrogens (tertiary/aromatic N) is 2. The van der Waals surface area contributed by atoms with Crippen LogP contribution in [0.15, 0.2) is 83.3 Å². The van der Waals surface area contributed by atoms with E-state index in [0.717, 1.165) is 41.8 Å². The molecule has 0 aliphatic heterocycles. The Balaban J connectivity index is 1.73. The molecule has 1 saturated carbocycles. The second-order valence-electron chi connectivity index (χ2n) is 10.1. The van der Waals surface area contributed by atoms with Crippen molar-refractivity contribution in [2.24, 2.45) is 0 Å². The molecule has 1 aliphatic rings. The lowest BCUT2D eigenvalue weighted by molar-refractivity contribution is -0.140. The van der Waals surface area contributed by atoms with Gasteiger partial charge in [-0.3, -0.25) is 13.9 Å². The second kappa shape index (κ2) is 13.4. The number of nitrogens with one attached hydrogen (secondary N) is 1. The fourth-order valence-electron chi connectivity index (χ4n) is 4.98. The topological polar surface area (TPSA) is 86.8 Å². The average Bonchev–Trinajstić information content (AvgIpc) is 3.43. The van der Waals surface area contributed by atoms with E-state index in [1.54, 1.807) is 42.5 Å². The van der Waals surface area contributed by atoms with Gasteiger partial charge in [0.25, 0.3) is 0 Å². The molecule has 0 saturated heterocycles. The van der Waals surface area contributed by atoms with Gasteiger partial charge in [0, 0.05) is 29.0 Å². The van der Waals surface area contributed by atoms with Crippen molar-refractivity contribution < 1.29 is 22.4 Å². The molecule has 0 unspecified atom stereocenters. The lowest BCUT2D eigenvalue weighted by Gasteiger charge is -2.34. The summed E-state index contributed by atoms with van der Waals surface area (Å²) in [6, 6.07) is 21.0. The predicted molar refractivity (Wildman–Crippen MR) is 158 cm³/mol. The van der Waals surface area contributed by atoms with E-state index in [2.05, 4.69) is 21.2 Å². The normalized spacial score (nSPS) is 14.5. The van der Waals surface area contributed by atoms with E-state index >= 15 is 0 Å². The van der Waals surface area contributed by atoms with Gasteiger partial charge in [0.15, 0.2) is 0 Å². The summed E-state index contributed by atoms with van der Waals surface area (Å²) in [4.78, 5) is 29.1. The molecule has 7 nitrogen and oxygen atoms in total. The molecule has 1 fully saturated rings. The van der Waals surface area contributed by atoms with Crippen LogP contribution < -0.4 is 9.62 Å². The molecule has 40 heavy (non-hydrogen) atoms. The molecule has 0 spiro atoms. The van der Waals surface area contributed by atoms with E-state index in [1.165, 1.54) is 11.0 Å². The summed E-state index contributed by atoms with van der Waals surface area (Å²) < 4.78 is 42.2. The highest BCUT2D eigenvalue weighted by Gasteiger charge is 2.34. The Labute approximate surface area is 243 Å². The van der Waals surface area contributed by atoms with Crippen LogP contribution in [0.1, 0.15) is 36.8 Å². The van der Waals surface area contributed by atoms with Crippen LogP contribution in [0.2, 0.25) is 0 Å². The van der Waals surface area contributed by atoms with Gasteiger partial charge in [0.05, 0.1) is 11.9 Å². The Kier molecular flexibility index (Phi) is 9.97. The van der Waals surface area contributed by atoms with Crippen molar-refractivity contribution in [3.8, 4) is 0 Å². The maximum Gasteiger partial charge on any atom is 0.244 e. The number of carbonyl (C=O) groups excluding carboxylic acids is 2. The zero-order valence-corrected chi connectivity index (χ0v) is 24.7. The van der Waals surface area contributed by atoms with E-state index in [9.17, 15) is 22.4 Å². The smallest absolute Gasteiger partial charge is 0.244 e. The molecule has 0 heterocycles. The molecule has 212 valence electrons. The number of hydrogen-bond donors (Lipinski definition) is 1. The number of carbonyl (C=O) groups is 2. The quantitative estimate of drug-likeness (QED) is 0.321. The Morgan fingerprint density at radius 1 is 1.00 bits per heavy atom. The minimum Gasteiger partial charge on any atom is -0.352 e. The standard InChI is InChI=1S/C30H33BrFN3O4S/c1-40(38,39)35(26-16-9-13-24(31)19-26)21-29(36)34(20-23-12-5-8-17-27(23)32)28(18-22-10-3-2-4-11-22)30(37)33-25-14-6-7-15-25/h2-5,8-13,16-17,19,25,28H,6-7,14-15,18,20-21H2,1H3,(H,33,37)/t28-/m1/s1. The third-order valence-corrected chi connectivity index (χ3v) is 8.68. The van der Waals surface area contributed by atoms with Gasteiger partial charge in [-0.25, -0.2) is 12.8 Å². The van der Waals surface area contributed by atoms with Crippen molar-refractivity contribution in [2.75, 3.05) is 17.1 Å². The summed E-state index contributed by atoms with van der Waals surface area (Å²) in [5.41, 5.74) is 1.36. The summed E-state index contributed by atoms with van der Waals surface area (Å²) in [5, 5.41) is 3.09. The van der Waals surface area contributed by atoms with Crippen molar-refractivity contribution in [3.63, 3.8) is 0 Å². The number of sulfonamides is 1. The molecule has 3 aromatic rings. The monoisotopic (exact) mass is 629 g/mol. The zero-order chi connectivity index (χ0) is 28.7. The van der Waals surface area contributed by atoms with E-state index in [-0.39, 0.29) is 30.5 Å². The van der Waals surface area contributed by atoms with Gasteiger partial charge in [0.2, 0.25) is 21.8 Å². The van der Waals surface area contributed by atoms with Gasteiger partial charge >= 0.3 is 0 Å². The maximum atomic E-state index is 14.8. The Morgan fingerprint density at radius 2 is 1.68 bits per heavy atom. The molecule has 0 aromatic heterocycles. The van der Waals surface area contributed by atoms with Crippen LogP contribution in [0.5, 0.6) is 0 Å². The van der Waals surface area contributed by atoms with Crippen LogP contribution in [0.3, 0.4) is 0 Å². The van der Waals surface area contributed by atoms with Gasteiger partial charge in [-0.1, -0.05) is 83.4 Å². The minimum atomic E-state index is -3.88. The van der Waals surface area contributed by atoms with Crippen molar-refractivity contribution in [2.45, 2.75) is 50.7 Å². The molecule has 10 heteroatoms. The number of halogens is 2. The second-order valence-corrected chi connectivity index (χ2v) is 12.9. The van der Waals surface area contributed by atoms with Gasteiger partial charge in [-0.15, -0.1) is 0 Å². The lowest BCUT2D eigenvalue weighted by atomic mass is 10.0. The fourth-order valence-corrected chi connectivity index (χ4v) is 6.21. The predicted octanol–water partition coefficient (Wildman–Crippen LogP) is 5.05. The molecular weight excluding hydrogens is 597 g/mol. The van der Waals surface area contributed by atoms with Crippen molar-refractivity contribution in [3.05, 3.63) is 100 Å². The molecule has 0 radical (unpaired) electrons. The molecule has 0 bridgehead atoms. The highest BCUT2D eigenvalue weighted by molar-refractivity contribution is 9.10. The van der Waals surface area contributed by atoms with Gasteiger partial charge in [-0.05, 0) is 42.7 Å². The van der Waals surface area contributed by atoms with E-state index < -0.39 is 34.3 Å². The number of benzene rings is 3. The summed E-state index contributed by atoms with van der Waals surface area (Å²) in [6.07, 6.45) is 4.96. The van der Waals surface area contributed by atoms with Gasteiger partial charge < -0.3 is 10.2 Å². The first-order valence-electron chi connectivity index (χ1n) is 13.2. The summed E-state index contributed by atoms with van der Waals surface area (Å²) in [6.45, 7) is -0.747. The van der Waals surface area contributed by atoms with E-state index in [4.69, 9.17) is 0 Å². The molecule has 4 rings (SSSR count). The summed E-state index contributed by atoms with van der Waals surface area (Å²) >= 11 is 3.35. The minimum absolute atomic E-state index is 0.00498. The third kappa shape index (κ3) is 7.91. The number of anilines is 1. The SMILES string of the molecule is CS(=O)(=O)N(CC(=O)N(Cc1ccccc1F)[C@H](Cc1ccccc1)C(=O)NC1CCCC1)c1cccc(Br)c1. The molecule has 1 N–H and O–H groups in total. The van der Waals surface area contributed by atoms with Crippen LogP contribution in [0, 0.1) is 5.82 Å². The molecule has 1 atom stereocenters. The number of hydrogen-bond acceptors (Lipinski definition) is 4. The average molecular weight is 631 g/mol. The van der Waals surface area contributed by atoms with Gasteiger partial charge in [0.1, 0.15) is 18.4 Å². The highest BCUT2D eigenvalue weighted by atomic mass is 79.9. The van der Waals surface area contributed by atoms with Crippen LogP contribution >= 0.6 is 15.9 Å². The highest BCUT2D eigenvalue weighted by Crippen LogP contribution is 2.24. The molecule has 2 amide bonds. The lowest BCUT2D eigenvalue weighted by Crippen LogP contribution is -2.54. The summed E-state index contributed by atoms with van der Waals surface area (Å²) in [7, 11) is -3.88. The van der Waals surface area contributed by atoms with Crippen LogP contribution in [0.4, 0.5) is 10.1 Å². The van der Waals surface area contributed by atoms with Crippen LogP contribution in [0.25, 0.3) is 0 Å². The first-order chi connectivity index (χ1) is 19.1. The first kappa shape index (κ1) is 29.7. The van der Waals surface area contributed by atoms with E-state index in [1.807, 2.05) is 30.3 Å². The van der Waals surface area contributed by atoms with Crippen molar-refractivity contribution >= 4 is 43.5 Å². The number of amides is 2. The molecule has 3 aromatic carbocycles. The van der Waals surface area contributed by atoms with Crippen LogP contribution in [-0.2, 0) is 32.6 Å². The Bertz CT molecular complexity index is 1430. The molecular formula is C30H33BrFN3O4S.